The van der Waals surface area contributed by atoms with Gasteiger partial charge in [0.05, 0.1) is 15.2 Å². The maximum Gasteiger partial charge on any atom is 0.0992 e. The molecule has 0 aliphatic heterocycles. The van der Waals surface area contributed by atoms with E-state index in [1.165, 1.54) is 34.5 Å². The van der Waals surface area contributed by atoms with Crippen LogP contribution in [0.4, 0.5) is 0 Å². The van der Waals surface area contributed by atoms with E-state index in [-0.39, 0.29) is 10.8 Å². The van der Waals surface area contributed by atoms with Crippen LogP contribution in [0.15, 0.2) is 18.2 Å². The molecule has 2 aromatic rings. The maximum absolute atomic E-state index is 6.01. The molecule has 1 aliphatic carbocycles. The molecule has 0 spiro atoms. The Hall–Kier alpha value is -0.930. The molecular weight excluding hydrogens is 252 g/mol. The monoisotopic (exact) mass is 274 g/mol. The molecule has 0 radical (unpaired) electrons. The highest BCUT2D eigenvalue weighted by molar-refractivity contribution is 7.18. The number of hydrogen-bond donors (Lipinski definition) is 1. The van der Waals surface area contributed by atoms with Crippen LogP contribution in [-0.2, 0) is 10.8 Å². The molecule has 1 heterocycles. The first-order chi connectivity index (χ1) is 8.94. The van der Waals surface area contributed by atoms with Crippen molar-refractivity contribution in [3.05, 3.63) is 28.8 Å². The zero-order chi connectivity index (χ0) is 13.7. The van der Waals surface area contributed by atoms with Gasteiger partial charge in [-0.3, -0.25) is 0 Å². The van der Waals surface area contributed by atoms with Crippen LogP contribution in [0.2, 0.25) is 0 Å². The van der Waals surface area contributed by atoms with Crippen LogP contribution in [-0.4, -0.2) is 11.5 Å². The van der Waals surface area contributed by atoms with Gasteiger partial charge >= 0.3 is 0 Å². The summed E-state index contributed by atoms with van der Waals surface area (Å²) in [6.45, 7) is 7.43. The molecule has 0 saturated heterocycles. The lowest BCUT2D eigenvalue weighted by molar-refractivity contribution is 0.253. The highest BCUT2D eigenvalue weighted by Gasteiger charge is 2.37. The predicted molar refractivity (Wildman–Crippen MR) is 82.9 cm³/mol. The van der Waals surface area contributed by atoms with Gasteiger partial charge in [0.1, 0.15) is 0 Å². The second-order valence-electron chi connectivity index (χ2n) is 6.79. The van der Waals surface area contributed by atoms with Crippen molar-refractivity contribution in [2.45, 2.75) is 50.9 Å². The van der Waals surface area contributed by atoms with Gasteiger partial charge in [0.2, 0.25) is 0 Å². The van der Waals surface area contributed by atoms with Gasteiger partial charge in [0.15, 0.2) is 0 Å². The minimum absolute atomic E-state index is 0.131. The van der Waals surface area contributed by atoms with Crippen molar-refractivity contribution in [3.63, 3.8) is 0 Å². The van der Waals surface area contributed by atoms with Gasteiger partial charge in [0.25, 0.3) is 0 Å². The molecule has 1 aliphatic rings. The summed E-state index contributed by atoms with van der Waals surface area (Å²) in [4.78, 5) is 4.76. The minimum Gasteiger partial charge on any atom is -0.330 e. The minimum atomic E-state index is 0.131. The fraction of sp³-hybridized carbons (Fsp3) is 0.562. The Kier molecular flexibility index (Phi) is 2.95. The van der Waals surface area contributed by atoms with E-state index in [0.29, 0.717) is 0 Å². The topological polar surface area (TPSA) is 38.9 Å². The zero-order valence-corrected chi connectivity index (χ0v) is 12.8. The summed E-state index contributed by atoms with van der Waals surface area (Å²) in [5.74, 6) is 0. The van der Waals surface area contributed by atoms with Crippen LogP contribution in [0.1, 0.15) is 50.6 Å². The summed E-state index contributed by atoms with van der Waals surface area (Å²) in [5, 5.41) is 1.22. The van der Waals surface area contributed by atoms with Gasteiger partial charge in [-0.2, -0.15) is 0 Å². The lowest BCUT2D eigenvalue weighted by Crippen LogP contribution is -2.41. The summed E-state index contributed by atoms with van der Waals surface area (Å²) in [5.41, 5.74) is 8.93. The molecule has 0 unspecified atom stereocenters. The number of rotatable bonds is 2. The van der Waals surface area contributed by atoms with Crippen molar-refractivity contribution in [1.82, 2.24) is 4.98 Å². The Balaban J connectivity index is 2.06. The molecule has 2 N–H and O–H groups in total. The van der Waals surface area contributed by atoms with Gasteiger partial charge < -0.3 is 5.73 Å². The number of nitrogens with two attached hydrogens (primary N) is 1. The molecule has 3 heteroatoms. The SMILES string of the molecule is CC(C)(C)c1nc2ccc(C3(CN)CCC3)cc2s1. The first-order valence-corrected chi connectivity index (χ1v) is 7.88. The van der Waals surface area contributed by atoms with Crippen LogP contribution in [0.5, 0.6) is 0 Å². The Morgan fingerprint density at radius 1 is 1.32 bits per heavy atom. The Morgan fingerprint density at radius 3 is 2.58 bits per heavy atom. The van der Waals surface area contributed by atoms with Crippen molar-refractivity contribution >= 4 is 21.6 Å². The molecule has 2 nitrogen and oxygen atoms in total. The van der Waals surface area contributed by atoms with Crippen LogP contribution < -0.4 is 5.73 Å². The second-order valence-corrected chi connectivity index (χ2v) is 7.82. The van der Waals surface area contributed by atoms with Crippen molar-refractivity contribution in [3.8, 4) is 0 Å². The largest absolute Gasteiger partial charge is 0.330 e. The van der Waals surface area contributed by atoms with E-state index >= 15 is 0 Å². The maximum atomic E-state index is 6.01. The smallest absolute Gasteiger partial charge is 0.0992 e. The molecule has 1 aromatic carbocycles. The van der Waals surface area contributed by atoms with Gasteiger partial charge in [-0.1, -0.05) is 33.3 Å². The third kappa shape index (κ3) is 2.09. The molecule has 102 valence electrons. The Labute approximate surface area is 119 Å². The molecule has 3 rings (SSSR count). The number of hydrogen-bond acceptors (Lipinski definition) is 3. The normalized spacial score (nSPS) is 18.5. The predicted octanol–water partition coefficient (Wildman–Crippen LogP) is 3.97. The van der Waals surface area contributed by atoms with Crippen molar-refractivity contribution in [1.29, 1.82) is 0 Å². The van der Waals surface area contributed by atoms with E-state index in [9.17, 15) is 0 Å². The number of fused-ring (bicyclic) bond motifs is 1. The summed E-state index contributed by atoms with van der Waals surface area (Å²) in [6.07, 6.45) is 3.78. The van der Waals surface area contributed by atoms with E-state index in [0.717, 1.165) is 12.1 Å². The fourth-order valence-corrected chi connectivity index (χ4v) is 3.85. The van der Waals surface area contributed by atoms with Gasteiger partial charge in [-0.25, -0.2) is 4.98 Å². The third-order valence-corrected chi connectivity index (χ3v) is 5.79. The first kappa shape index (κ1) is 13.1. The fourth-order valence-electron chi connectivity index (χ4n) is 2.79. The third-order valence-electron chi connectivity index (χ3n) is 4.34. The Morgan fingerprint density at radius 2 is 2.05 bits per heavy atom. The quantitative estimate of drug-likeness (QED) is 0.900. The molecule has 1 saturated carbocycles. The summed E-state index contributed by atoms with van der Waals surface area (Å²) in [7, 11) is 0. The second kappa shape index (κ2) is 4.29. The highest BCUT2D eigenvalue weighted by atomic mass is 32.1. The van der Waals surface area contributed by atoms with Crippen LogP contribution in [0, 0.1) is 0 Å². The average Bonchev–Trinajstić information content (AvgIpc) is 2.71. The average molecular weight is 274 g/mol. The van der Waals surface area contributed by atoms with Crippen molar-refractivity contribution in [2.75, 3.05) is 6.54 Å². The van der Waals surface area contributed by atoms with Crippen molar-refractivity contribution in [2.24, 2.45) is 5.73 Å². The van der Waals surface area contributed by atoms with E-state index in [1.54, 1.807) is 0 Å². The number of benzene rings is 1. The molecule has 0 amide bonds. The Bertz CT molecular complexity index is 597. The van der Waals surface area contributed by atoms with Crippen molar-refractivity contribution < 1.29 is 0 Å². The highest BCUT2D eigenvalue weighted by Crippen LogP contribution is 2.44. The molecule has 0 bridgehead atoms. The zero-order valence-electron chi connectivity index (χ0n) is 12.0. The molecule has 1 aromatic heterocycles. The van der Waals surface area contributed by atoms with E-state index in [4.69, 9.17) is 10.7 Å². The molecular formula is C16H22N2S. The summed E-state index contributed by atoms with van der Waals surface area (Å²) in [6, 6.07) is 6.74. The van der Waals surface area contributed by atoms with E-state index in [2.05, 4.69) is 39.0 Å². The lowest BCUT2D eigenvalue weighted by Gasteiger charge is -2.41. The standard InChI is InChI=1S/C16H22N2S/c1-15(2,3)14-18-12-6-5-11(9-13(12)19-14)16(10-17)7-4-8-16/h5-6,9H,4,7-8,10,17H2,1-3H3. The van der Waals surface area contributed by atoms with E-state index < -0.39 is 0 Å². The van der Waals surface area contributed by atoms with E-state index in [1.807, 2.05) is 11.3 Å². The first-order valence-electron chi connectivity index (χ1n) is 7.06. The van der Waals surface area contributed by atoms with Crippen LogP contribution >= 0.6 is 11.3 Å². The summed E-state index contributed by atoms with van der Waals surface area (Å²) >= 11 is 1.83. The van der Waals surface area contributed by atoms with Gasteiger partial charge in [0, 0.05) is 17.4 Å². The van der Waals surface area contributed by atoms with Gasteiger partial charge in [-0.05, 0) is 30.5 Å². The molecule has 0 atom stereocenters. The van der Waals surface area contributed by atoms with Crippen LogP contribution in [0.3, 0.4) is 0 Å². The number of thiazole rings is 1. The number of aromatic nitrogens is 1. The lowest BCUT2D eigenvalue weighted by atomic mass is 9.64. The summed E-state index contributed by atoms with van der Waals surface area (Å²) < 4.78 is 1.31. The van der Waals surface area contributed by atoms with Crippen LogP contribution in [0.25, 0.3) is 10.2 Å². The molecule has 1 fully saturated rings. The number of nitrogens with zero attached hydrogens (tertiary/aromatic N) is 1. The molecule has 19 heavy (non-hydrogen) atoms. The van der Waals surface area contributed by atoms with Gasteiger partial charge in [-0.15, -0.1) is 11.3 Å².